The van der Waals surface area contributed by atoms with Crippen LogP contribution in [0.1, 0.15) is 12.5 Å². The van der Waals surface area contributed by atoms with Gasteiger partial charge in [0.1, 0.15) is 11.6 Å². The number of hydrogen-bond donors (Lipinski definition) is 1. The SMILES string of the molecule is CCNC1COCC1C(=O)Cc1cccc(F)c1Cl. The Balaban J connectivity index is 2.06. The lowest BCUT2D eigenvalue weighted by molar-refractivity contribution is -0.122. The lowest BCUT2D eigenvalue weighted by Gasteiger charge is -2.17. The van der Waals surface area contributed by atoms with Crippen LogP contribution < -0.4 is 5.32 Å². The minimum Gasteiger partial charge on any atom is -0.379 e. The zero-order valence-corrected chi connectivity index (χ0v) is 11.5. The van der Waals surface area contributed by atoms with Crippen molar-refractivity contribution in [2.75, 3.05) is 19.8 Å². The standard InChI is InChI=1S/C14H17ClFNO2/c1-2-17-12-8-19-7-10(12)13(18)6-9-4-3-5-11(16)14(9)15/h3-5,10,12,17H,2,6-8H2,1H3. The van der Waals surface area contributed by atoms with E-state index >= 15 is 0 Å². The molecule has 1 aromatic carbocycles. The highest BCUT2D eigenvalue weighted by atomic mass is 35.5. The smallest absolute Gasteiger partial charge is 0.144 e. The first kappa shape index (κ1) is 14.4. The number of benzene rings is 1. The van der Waals surface area contributed by atoms with E-state index in [1.165, 1.54) is 6.07 Å². The summed E-state index contributed by atoms with van der Waals surface area (Å²) in [5.74, 6) is -0.631. The van der Waals surface area contributed by atoms with Gasteiger partial charge in [0.25, 0.3) is 0 Å². The largest absolute Gasteiger partial charge is 0.379 e. The van der Waals surface area contributed by atoms with Crippen LogP contribution >= 0.6 is 11.6 Å². The first-order valence-electron chi connectivity index (χ1n) is 6.40. The van der Waals surface area contributed by atoms with Crippen molar-refractivity contribution < 1.29 is 13.9 Å². The van der Waals surface area contributed by atoms with E-state index in [1.54, 1.807) is 12.1 Å². The van der Waals surface area contributed by atoms with E-state index in [2.05, 4.69) is 5.32 Å². The molecule has 2 rings (SSSR count). The van der Waals surface area contributed by atoms with Gasteiger partial charge in [0.15, 0.2) is 0 Å². The van der Waals surface area contributed by atoms with Crippen LogP contribution in [0.2, 0.25) is 5.02 Å². The summed E-state index contributed by atoms with van der Waals surface area (Å²) in [5, 5.41) is 3.27. The minimum atomic E-state index is -0.488. The maximum Gasteiger partial charge on any atom is 0.144 e. The molecule has 1 aromatic rings. The minimum absolute atomic E-state index is 0.0368. The van der Waals surface area contributed by atoms with Gasteiger partial charge in [-0.15, -0.1) is 0 Å². The summed E-state index contributed by atoms with van der Waals surface area (Å²) in [5.41, 5.74) is 0.536. The molecular weight excluding hydrogens is 269 g/mol. The van der Waals surface area contributed by atoms with Gasteiger partial charge in [-0.25, -0.2) is 4.39 Å². The molecule has 1 N–H and O–H groups in total. The highest BCUT2D eigenvalue weighted by Crippen LogP contribution is 2.23. The fourth-order valence-corrected chi connectivity index (χ4v) is 2.53. The van der Waals surface area contributed by atoms with E-state index in [0.717, 1.165) is 6.54 Å². The van der Waals surface area contributed by atoms with Crippen LogP contribution in [-0.4, -0.2) is 31.6 Å². The Kier molecular flexibility index (Phi) is 4.91. The number of carbonyl (C=O) groups is 1. The lowest BCUT2D eigenvalue weighted by Crippen LogP contribution is -2.39. The maximum absolute atomic E-state index is 13.3. The number of nitrogens with one attached hydrogen (secondary N) is 1. The van der Waals surface area contributed by atoms with Gasteiger partial charge in [-0.3, -0.25) is 4.79 Å². The summed E-state index contributed by atoms with van der Waals surface area (Å²) in [6.45, 7) is 3.74. The van der Waals surface area contributed by atoms with Crippen molar-refractivity contribution in [1.82, 2.24) is 5.32 Å². The topological polar surface area (TPSA) is 38.3 Å². The average molecular weight is 286 g/mol. The molecule has 0 spiro atoms. The number of rotatable bonds is 5. The number of carbonyl (C=O) groups excluding carboxylic acids is 1. The monoisotopic (exact) mass is 285 g/mol. The molecule has 1 heterocycles. The van der Waals surface area contributed by atoms with Crippen LogP contribution in [0.4, 0.5) is 4.39 Å². The lowest BCUT2D eigenvalue weighted by atomic mass is 9.93. The third-order valence-corrected chi connectivity index (χ3v) is 3.78. The summed E-state index contributed by atoms with van der Waals surface area (Å²) in [4.78, 5) is 12.3. The Morgan fingerprint density at radius 2 is 2.32 bits per heavy atom. The van der Waals surface area contributed by atoms with E-state index in [-0.39, 0.29) is 29.2 Å². The van der Waals surface area contributed by atoms with Crippen molar-refractivity contribution in [2.45, 2.75) is 19.4 Å². The molecule has 5 heteroatoms. The van der Waals surface area contributed by atoms with Crippen LogP contribution in [0.15, 0.2) is 18.2 Å². The molecule has 1 saturated heterocycles. The number of Topliss-reactive ketones (excluding diaryl/α,β-unsaturated/α-hetero) is 1. The Morgan fingerprint density at radius 3 is 3.05 bits per heavy atom. The van der Waals surface area contributed by atoms with Crippen LogP contribution in [0.5, 0.6) is 0 Å². The van der Waals surface area contributed by atoms with E-state index in [9.17, 15) is 9.18 Å². The molecule has 0 amide bonds. The highest BCUT2D eigenvalue weighted by molar-refractivity contribution is 6.31. The Labute approximate surface area is 117 Å². The third kappa shape index (κ3) is 3.32. The van der Waals surface area contributed by atoms with Crippen LogP contribution in [0.3, 0.4) is 0 Å². The van der Waals surface area contributed by atoms with E-state index in [0.29, 0.717) is 18.8 Å². The second kappa shape index (κ2) is 6.46. The van der Waals surface area contributed by atoms with Crippen LogP contribution in [-0.2, 0) is 16.0 Å². The first-order chi connectivity index (χ1) is 9.13. The molecule has 0 aromatic heterocycles. The van der Waals surface area contributed by atoms with Gasteiger partial charge in [0.2, 0.25) is 0 Å². The van der Waals surface area contributed by atoms with Crippen molar-refractivity contribution in [3.05, 3.63) is 34.6 Å². The summed E-state index contributed by atoms with van der Waals surface area (Å²) in [7, 11) is 0. The van der Waals surface area contributed by atoms with Gasteiger partial charge < -0.3 is 10.1 Å². The zero-order chi connectivity index (χ0) is 13.8. The molecule has 19 heavy (non-hydrogen) atoms. The number of likely N-dealkylation sites (N-methyl/N-ethyl adjacent to an activating group) is 1. The van der Waals surface area contributed by atoms with Gasteiger partial charge >= 0.3 is 0 Å². The van der Waals surface area contributed by atoms with Crippen molar-refractivity contribution >= 4 is 17.4 Å². The normalized spacial score (nSPS) is 22.7. The van der Waals surface area contributed by atoms with Gasteiger partial charge in [-0.1, -0.05) is 30.7 Å². The molecule has 2 unspecified atom stereocenters. The van der Waals surface area contributed by atoms with Gasteiger partial charge in [0.05, 0.1) is 24.2 Å². The van der Waals surface area contributed by atoms with Crippen molar-refractivity contribution in [3.8, 4) is 0 Å². The molecule has 1 aliphatic rings. The molecule has 0 aliphatic carbocycles. The molecule has 0 bridgehead atoms. The molecule has 0 saturated carbocycles. The second-order valence-corrected chi connectivity index (χ2v) is 5.04. The molecule has 3 nitrogen and oxygen atoms in total. The fraction of sp³-hybridized carbons (Fsp3) is 0.500. The number of halogens is 2. The number of ether oxygens (including phenoxy) is 1. The van der Waals surface area contributed by atoms with Gasteiger partial charge in [-0.05, 0) is 18.2 Å². The summed E-state index contributed by atoms with van der Waals surface area (Å²) >= 11 is 5.87. The van der Waals surface area contributed by atoms with Crippen molar-refractivity contribution in [3.63, 3.8) is 0 Å². The van der Waals surface area contributed by atoms with Crippen molar-refractivity contribution in [1.29, 1.82) is 0 Å². The summed E-state index contributed by atoms with van der Waals surface area (Å²) in [6, 6.07) is 4.58. The summed E-state index contributed by atoms with van der Waals surface area (Å²) in [6.07, 6.45) is 0.145. The third-order valence-electron chi connectivity index (χ3n) is 3.36. The highest BCUT2D eigenvalue weighted by Gasteiger charge is 2.33. The molecule has 1 fully saturated rings. The molecule has 0 radical (unpaired) electrons. The van der Waals surface area contributed by atoms with E-state index in [1.807, 2.05) is 6.92 Å². The van der Waals surface area contributed by atoms with Gasteiger partial charge in [0, 0.05) is 12.5 Å². The van der Waals surface area contributed by atoms with E-state index in [4.69, 9.17) is 16.3 Å². The Morgan fingerprint density at radius 1 is 1.53 bits per heavy atom. The second-order valence-electron chi connectivity index (χ2n) is 4.66. The number of hydrogen-bond acceptors (Lipinski definition) is 3. The van der Waals surface area contributed by atoms with Crippen LogP contribution in [0, 0.1) is 11.7 Å². The Bertz CT molecular complexity index is 467. The average Bonchev–Trinajstić information content (AvgIpc) is 2.84. The van der Waals surface area contributed by atoms with Crippen LogP contribution in [0.25, 0.3) is 0 Å². The quantitative estimate of drug-likeness (QED) is 0.901. The predicted molar refractivity (Wildman–Crippen MR) is 71.9 cm³/mol. The predicted octanol–water partition coefficient (Wildman–Crippen LogP) is 2.22. The first-order valence-corrected chi connectivity index (χ1v) is 6.78. The molecular formula is C14H17ClFNO2. The Hall–Kier alpha value is -0.970. The number of ketones is 1. The molecule has 104 valence electrons. The zero-order valence-electron chi connectivity index (χ0n) is 10.8. The summed E-state index contributed by atoms with van der Waals surface area (Å²) < 4.78 is 18.7. The fourth-order valence-electron chi connectivity index (χ4n) is 2.34. The van der Waals surface area contributed by atoms with Crippen molar-refractivity contribution in [2.24, 2.45) is 5.92 Å². The van der Waals surface area contributed by atoms with E-state index < -0.39 is 5.82 Å². The molecule has 2 atom stereocenters. The molecule has 1 aliphatic heterocycles. The maximum atomic E-state index is 13.3. The van der Waals surface area contributed by atoms with Gasteiger partial charge in [-0.2, -0.15) is 0 Å².